The summed E-state index contributed by atoms with van der Waals surface area (Å²) in [5.74, 6) is -3.37. The molecule has 180 valence electrons. The van der Waals surface area contributed by atoms with Crippen LogP contribution in [0, 0.1) is 17.6 Å². The number of rotatable bonds is 4. The van der Waals surface area contributed by atoms with E-state index in [0.717, 1.165) is 31.4 Å². The molecule has 3 aliphatic rings. The van der Waals surface area contributed by atoms with Gasteiger partial charge in [-0.3, -0.25) is 19.3 Å². The molecule has 7 nitrogen and oxygen atoms in total. The van der Waals surface area contributed by atoms with Crippen molar-refractivity contribution in [3.05, 3.63) is 35.4 Å². The van der Waals surface area contributed by atoms with Crippen LogP contribution in [-0.2, 0) is 19.1 Å². The lowest BCUT2D eigenvalue weighted by atomic mass is 9.89. The quantitative estimate of drug-likeness (QED) is 0.640. The maximum Gasteiger partial charge on any atom is 0.310 e. The smallest absolute Gasteiger partial charge is 0.310 e. The number of nitrogens with zero attached hydrogens (tertiary/aromatic N) is 2. The van der Waals surface area contributed by atoms with Crippen LogP contribution in [0.2, 0.25) is 0 Å². The molecule has 9 heteroatoms. The van der Waals surface area contributed by atoms with E-state index >= 15 is 0 Å². The molecule has 1 aromatic rings. The average molecular weight is 465 g/mol. The zero-order valence-corrected chi connectivity index (χ0v) is 18.9. The zero-order chi connectivity index (χ0) is 23.6. The van der Waals surface area contributed by atoms with Crippen molar-refractivity contribution in [1.29, 1.82) is 0 Å². The molecular weight excluding hydrogens is 434 g/mol. The standard InChI is InChI=1S/C24H30F2N2O5/c1-2-32-23(31)16-7-6-10-27(14-16)22(30)20-15-33-24(8-4-3-5-9-24)28(20)21(29)17-11-18(25)13-19(26)12-17/h11-13,16,20H,2-10,14-15H2,1H3/t16-,20+/m1/s1. The van der Waals surface area contributed by atoms with Crippen LogP contribution in [-0.4, -0.2) is 65.7 Å². The topological polar surface area (TPSA) is 76.2 Å². The second-order valence-electron chi connectivity index (χ2n) is 9.04. The molecular formula is C24H30F2N2O5. The predicted molar refractivity (Wildman–Crippen MR) is 114 cm³/mol. The van der Waals surface area contributed by atoms with Gasteiger partial charge in [-0.1, -0.05) is 6.42 Å². The van der Waals surface area contributed by atoms with Gasteiger partial charge in [0.1, 0.15) is 23.4 Å². The maximum atomic E-state index is 13.9. The van der Waals surface area contributed by atoms with E-state index in [1.165, 1.54) is 4.90 Å². The van der Waals surface area contributed by atoms with Gasteiger partial charge in [-0.15, -0.1) is 0 Å². The molecule has 0 N–H and O–H groups in total. The van der Waals surface area contributed by atoms with Crippen molar-refractivity contribution < 1.29 is 32.6 Å². The Kier molecular flexibility index (Phi) is 6.97. The molecule has 2 heterocycles. The molecule has 4 rings (SSSR count). The minimum absolute atomic E-state index is 0.0168. The molecule has 1 spiro atoms. The maximum absolute atomic E-state index is 13.9. The highest BCUT2D eigenvalue weighted by Gasteiger charge is 2.54. The lowest BCUT2D eigenvalue weighted by molar-refractivity contribution is -0.152. The van der Waals surface area contributed by atoms with Crippen LogP contribution < -0.4 is 0 Å². The van der Waals surface area contributed by atoms with E-state index in [9.17, 15) is 23.2 Å². The van der Waals surface area contributed by atoms with Crippen LogP contribution in [0.1, 0.15) is 62.2 Å². The Morgan fingerprint density at radius 1 is 1.09 bits per heavy atom. The summed E-state index contributed by atoms with van der Waals surface area (Å²) in [5.41, 5.74) is -1.11. The number of carbonyl (C=O) groups is 3. The van der Waals surface area contributed by atoms with E-state index in [4.69, 9.17) is 9.47 Å². The highest BCUT2D eigenvalue weighted by Crippen LogP contribution is 2.42. The predicted octanol–water partition coefficient (Wildman–Crippen LogP) is 3.27. The third-order valence-electron chi connectivity index (χ3n) is 6.86. The first-order valence-corrected chi connectivity index (χ1v) is 11.7. The summed E-state index contributed by atoms with van der Waals surface area (Å²) in [4.78, 5) is 42.4. The number of halogens is 2. The Morgan fingerprint density at radius 2 is 1.79 bits per heavy atom. The summed E-state index contributed by atoms with van der Waals surface area (Å²) in [6.45, 7) is 2.71. The molecule has 0 bridgehead atoms. The number of piperidine rings is 1. The van der Waals surface area contributed by atoms with E-state index in [1.54, 1.807) is 11.8 Å². The lowest BCUT2D eigenvalue weighted by Gasteiger charge is -2.42. The Morgan fingerprint density at radius 3 is 2.45 bits per heavy atom. The number of ether oxygens (including phenoxy) is 2. The summed E-state index contributed by atoms with van der Waals surface area (Å²) < 4.78 is 39.0. The van der Waals surface area contributed by atoms with E-state index in [-0.39, 0.29) is 37.2 Å². The molecule has 33 heavy (non-hydrogen) atoms. The van der Waals surface area contributed by atoms with Crippen molar-refractivity contribution in [2.24, 2.45) is 5.92 Å². The van der Waals surface area contributed by atoms with Crippen LogP contribution in [0.3, 0.4) is 0 Å². The fourth-order valence-electron chi connectivity index (χ4n) is 5.32. The SMILES string of the molecule is CCOC(=O)[C@@H]1CCCN(C(=O)[C@@H]2COC3(CCCCC3)N2C(=O)c2cc(F)cc(F)c2)C1. The Bertz CT molecular complexity index is 898. The largest absolute Gasteiger partial charge is 0.466 e. The van der Waals surface area contributed by atoms with Crippen molar-refractivity contribution in [3.8, 4) is 0 Å². The lowest BCUT2D eigenvalue weighted by Crippen LogP contribution is -2.58. The van der Waals surface area contributed by atoms with Gasteiger partial charge in [0.05, 0.1) is 19.1 Å². The number of benzene rings is 1. The molecule has 1 aromatic carbocycles. The third-order valence-corrected chi connectivity index (χ3v) is 6.86. The summed E-state index contributed by atoms with van der Waals surface area (Å²) in [6, 6.07) is 1.77. The molecule has 1 saturated carbocycles. The van der Waals surface area contributed by atoms with Crippen LogP contribution >= 0.6 is 0 Å². The molecule has 2 saturated heterocycles. The molecule has 2 atom stereocenters. The summed E-state index contributed by atoms with van der Waals surface area (Å²) in [5, 5.41) is 0. The van der Waals surface area contributed by atoms with Gasteiger partial charge < -0.3 is 14.4 Å². The van der Waals surface area contributed by atoms with Crippen molar-refractivity contribution in [2.75, 3.05) is 26.3 Å². The van der Waals surface area contributed by atoms with Gasteiger partial charge >= 0.3 is 5.97 Å². The normalized spacial score (nSPS) is 24.7. The fourth-order valence-corrected chi connectivity index (χ4v) is 5.32. The molecule has 0 unspecified atom stereocenters. The monoisotopic (exact) mass is 464 g/mol. The molecule has 0 aromatic heterocycles. The molecule has 2 amide bonds. The number of esters is 1. The second-order valence-corrected chi connectivity index (χ2v) is 9.04. The van der Waals surface area contributed by atoms with Gasteiger partial charge in [0, 0.05) is 24.7 Å². The van der Waals surface area contributed by atoms with Crippen molar-refractivity contribution >= 4 is 17.8 Å². The first kappa shape index (κ1) is 23.6. The van der Waals surface area contributed by atoms with E-state index < -0.39 is 35.2 Å². The highest BCUT2D eigenvalue weighted by molar-refractivity contribution is 5.98. The van der Waals surface area contributed by atoms with Crippen LogP contribution in [0.5, 0.6) is 0 Å². The minimum atomic E-state index is -0.964. The van der Waals surface area contributed by atoms with Crippen molar-refractivity contribution in [1.82, 2.24) is 9.80 Å². The molecule has 3 fully saturated rings. The van der Waals surface area contributed by atoms with Crippen LogP contribution in [0.15, 0.2) is 18.2 Å². The summed E-state index contributed by atoms with van der Waals surface area (Å²) in [6.07, 6.45) is 5.06. The highest BCUT2D eigenvalue weighted by atomic mass is 19.1. The van der Waals surface area contributed by atoms with Crippen LogP contribution in [0.4, 0.5) is 8.78 Å². The van der Waals surface area contributed by atoms with Gasteiger partial charge in [0.2, 0.25) is 5.91 Å². The Labute approximate surface area is 192 Å². The van der Waals surface area contributed by atoms with Crippen LogP contribution in [0.25, 0.3) is 0 Å². The van der Waals surface area contributed by atoms with Gasteiger partial charge in [-0.25, -0.2) is 8.78 Å². The van der Waals surface area contributed by atoms with Gasteiger partial charge in [0.25, 0.3) is 5.91 Å². The Balaban J connectivity index is 1.61. The van der Waals surface area contributed by atoms with E-state index in [1.807, 2.05) is 0 Å². The number of likely N-dealkylation sites (tertiary alicyclic amines) is 1. The third kappa shape index (κ3) is 4.74. The van der Waals surface area contributed by atoms with Gasteiger partial charge in [0.15, 0.2) is 0 Å². The molecule has 1 aliphatic carbocycles. The number of carbonyl (C=O) groups excluding carboxylic acids is 3. The number of hydrogen-bond acceptors (Lipinski definition) is 5. The van der Waals surface area contributed by atoms with Crippen molar-refractivity contribution in [3.63, 3.8) is 0 Å². The summed E-state index contributed by atoms with van der Waals surface area (Å²) >= 11 is 0. The second kappa shape index (κ2) is 9.75. The summed E-state index contributed by atoms with van der Waals surface area (Å²) in [7, 11) is 0. The number of amides is 2. The van der Waals surface area contributed by atoms with Gasteiger partial charge in [-0.2, -0.15) is 0 Å². The molecule has 0 radical (unpaired) electrons. The zero-order valence-electron chi connectivity index (χ0n) is 18.9. The molecule has 2 aliphatic heterocycles. The van der Waals surface area contributed by atoms with Crippen molar-refractivity contribution in [2.45, 2.75) is 63.6 Å². The first-order valence-electron chi connectivity index (χ1n) is 11.7. The Hall–Kier alpha value is -2.55. The van der Waals surface area contributed by atoms with Gasteiger partial charge in [-0.05, 0) is 57.6 Å². The minimum Gasteiger partial charge on any atom is -0.466 e. The van der Waals surface area contributed by atoms with E-state index in [0.29, 0.717) is 38.3 Å². The van der Waals surface area contributed by atoms with E-state index in [2.05, 4.69) is 0 Å². The average Bonchev–Trinajstić information content (AvgIpc) is 3.16. The fraction of sp³-hybridized carbons (Fsp3) is 0.625. The number of hydrogen-bond donors (Lipinski definition) is 0. The first-order chi connectivity index (χ1) is 15.8.